The Morgan fingerprint density at radius 1 is 1.10 bits per heavy atom. The predicted molar refractivity (Wildman–Crippen MR) is 120 cm³/mol. The predicted octanol–water partition coefficient (Wildman–Crippen LogP) is 3.92. The van der Waals surface area contributed by atoms with E-state index in [0.29, 0.717) is 29.4 Å². The van der Waals surface area contributed by atoms with Crippen molar-refractivity contribution >= 4 is 17.7 Å². The summed E-state index contributed by atoms with van der Waals surface area (Å²) >= 11 is 1.74. The third-order valence-corrected chi connectivity index (χ3v) is 6.21. The van der Waals surface area contributed by atoms with Crippen LogP contribution in [0.25, 0.3) is 11.3 Å². The maximum Gasteiger partial charge on any atom is 0.251 e. The molecule has 2 aromatic carbocycles. The number of aryl methyl sites for hydroxylation is 1. The number of imidazole rings is 1. The van der Waals surface area contributed by atoms with Crippen molar-refractivity contribution in [2.75, 3.05) is 27.1 Å². The van der Waals surface area contributed by atoms with Crippen LogP contribution in [0.15, 0.2) is 41.6 Å². The van der Waals surface area contributed by atoms with Gasteiger partial charge in [0.2, 0.25) is 5.75 Å². The van der Waals surface area contributed by atoms with E-state index < -0.39 is 0 Å². The molecule has 3 aromatic rings. The number of nitrogens with zero attached hydrogens (tertiary/aromatic N) is 2. The van der Waals surface area contributed by atoms with Gasteiger partial charge in [0.1, 0.15) is 0 Å². The number of nitrogens with one attached hydrogen (secondary N) is 1. The number of carbonyl (C=O) groups is 1. The third kappa shape index (κ3) is 4.07. The average molecular weight is 440 g/mol. The van der Waals surface area contributed by atoms with Crippen LogP contribution in [-0.4, -0.2) is 42.5 Å². The lowest BCUT2D eigenvalue weighted by Crippen LogP contribution is -2.24. The quantitative estimate of drug-likeness (QED) is 0.602. The molecule has 4 rings (SSSR count). The van der Waals surface area contributed by atoms with Crippen LogP contribution >= 0.6 is 11.8 Å². The van der Waals surface area contributed by atoms with Gasteiger partial charge in [-0.3, -0.25) is 4.79 Å². The number of rotatable bonds is 7. The maximum absolute atomic E-state index is 13.0. The van der Waals surface area contributed by atoms with Crippen LogP contribution in [0, 0.1) is 6.92 Å². The molecular weight excluding hydrogens is 414 g/mol. The summed E-state index contributed by atoms with van der Waals surface area (Å²) in [6, 6.07) is 11.6. The molecule has 0 unspecified atom stereocenters. The Morgan fingerprint density at radius 3 is 2.39 bits per heavy atom. The Balaban J connectivity index is 1.61. The van der Waals surface area contributed by atoms with Gasteiger partial charge in [-0.1, -0.05) is 41.6 Å². The molecule has 1 amide bonds. The lowest BCUT2D eigenvalue weighted by molar-refractivity contribution is 0.0949. The molecule has 7 nitrogen and oxygen atoms in total. The van der Waals surface area contributed by atoms with E-state index in [1.54, 1.807) is 23.9 Å². The Kier molecular flexibility index (Phi) is 6.08. The zero-order valence-electron chi connectivity index (χ0n) is 18.0. The first-order chi connectivity index (χ1) is 15.0. The second kappa shape index (κ2) is 8.93. The van der Waals surface area contributed by atoms with Crippen LogP contribution in [0.5, 0.6) is 17.2 Å². The number of thioether (sulfide) groups is 1. The van der Waals surface area contributed by atoms with Crippen molar-refractivity contribution in [2.45, 2.75) is 25.2 Å². The van der Waals surface area contributed by atoms with Gasteiger partial charge in [0.25, 0.3) is 5.91 Å². The largest absolute Gasteiger partial charge is 0.493 e. The lowest BCUT2D eigenvalue weighted by Gasteiger charge is -2.14. The van der Waals surface area contributed by atoms with Gasteiger partial charge >= 0.3 is 0 Å². The van der Waals surface area contributed by atoms with Crippen molar-refractivity contribution in [3.05, 3.63) is 53.2 Å². The first-order valence-corrected chi connectivity index (χ1v) is 10.9. The Labute approximate surface area is 185 Å². The van der Waals surface area contributed by atoms with Gasteiger partial charge in [-0.15, -0.1) is 0 Å². The van der Waals surface area contributed by atoms with Crippen molar-refractivity contribution in [1.29, 1.82) is 0 Å². The Hall–Kier alpha value is -3.13. The lowest BCUT2D eigenvalue weighted by atomic mass is 10.1. The van der Waals surface area contributed by atoms with Crippen molar-refractivity contribution < 1.29 is 19.0 Å². The normalized spacial score (nSPS) is 12.4. The average Bonchev–Trinajstić information content (AvgIpc) is 3.38. The molecule has 0 spiro atoms. The molecule has 1 aliphatic heterocycles. The first kappa shape index (κ1) is 21.1. The highest BCUT2D eigenvalue weighted by Crippen LogP contribution is 2.38. The van der Waals surface area contributed by atoms with E-state index in [9.17, 15) is 4.79 Å². The van der Waals surface area contributed by atoms with E-state index >= 15 is 0 Å². The van der Waals surface area contributed by atoms with E-state index in [1.807, 2.05) is 0 Å². The first-order valence-electron chi connectivity index (χ1n) is 9.93. The molecule has 0 atom stereocenters. The third-order valence-electron chi connectivity index (χ3n) is 5.25. The van der Waals surface area contributed by atoms with Gasteiger partial charge in [0.15, 0.2) is 16.7 Å². The molecule has 1 aliphatic rings. The summed E-state index contributed by atoms with van der Waals surface area (Å²) in [5, 5.41) is 4.02. The van der Waals surface area contributed by atoms with Gasteiger partial charge in [0, 0.05) is 23.4 Å². The Morgan fingerprint density at radius 2 is 1.77 bits per heavy atom. The second-order valence-electron chi connectivity index (χ2n) is 7.15. The second-order valence-corrected chi connectivity index (χ2v) is 8.21. The number of hydrogen-bond acceptors (Lipinski definition) is 6. The molecule has 0 radical (unpaired) electrons. The summed E-state index contributed by atoms with van der Waals surface area (Å²) < 4.78 is 18.3. The highest BCUT2D eigenvalue weighted by Gasteiger charge is 2.23. The number of benzene rings is 2. The Bertz CT molecular complexity index is 1080. The molecule has 2 heterocycles. The van der Waals surface area contributed by atoms with Gasteiger partial charge < -0.3 is 24.1 Å². The smallest absolute Gasteiger partial charge is 0.251 e. The fourth-order valence-corrected chi connectivity index (χ4v) is 4.60. The number of aromatic nitrogens is 2. The van der Waals surface area contributed by atoms with E-state index in [0.717, 1.165) is 34.4 Å². The molecule has 0 fully saturated rings. The van der Waals surface area contributed by atoms with Gasteiger partial charge in [0.05, 0.1) is 39.3 Å². The number of carbonyl (C=O) groups excluding carboxylic acids is 1. The van der Waals surface area contributed by atoms with Crippen molar-refractivity contribution in [1.82, 2.24) is 14.9 Å². The fraction of sp³-hybridized carbons (Fsp3) is 0.304. The molecule has 0 saturated carbocycles. The molecule has 0 bridgehead atoms. The minimum absolute atomic E-state index is 0.227. The molecule has 162 valence electrons. The van der Waals surface area contributed by atoms with E-state index in [2.05, 4.69) is 41.1 Å². The number of hydrogen-bond donors (Lipinski definition) is 1. The van der Waals surface area contributed by atoms with Crippen LogP contribution in [0.4, 0.5) is 0 Å². The summed E-state index contributed by atoms with van der Waals surface area (Å²) in [5.41, 5.74) is 4.59. The van der Waals surface area contributed by atoms with Crippen LogP contribution in [-0.2, 0) is 13.1 Å². The van der Waals surface area contributed by atoms with E-state index in [4.69, 9.17) is 19.2 Å². The summed E-state index contributed by atoms with van der Waals surface area (Å²) in [6.45, 7) is 3.31. The molecule has 1 N–H and O–H groups in total. The van der Waals surface area contributed by atoms with E-state index in [-0.39, 0.29) is 5.91 Å². The van der Waals surface area contributed by atoms with Crippen molar-refractivity contribution in [2.24, 2.45) is 0 Å². The fourth-order valence-electron chi connectivity index (χ4n) is 3.63. The zero-order valence-corrected chi connectivity index (χ0v) is 18.8. The SMILES string of the molecule is COc1cc(C(=O)NCc2c(-c3ccc(C)cc3)nc3n2CCS3)cc(OC)c1OC. The maximum atomic E-state index is 13.0. The van der Waals surface area contributed by atoms with Crippen LogP contribution in [0.2, 0.25) is 0 Å². The highest BCUT2D eigenvalue weighted by atomic mass is 32.2. The van der Waals surface area contributed by atoms with Gasteiger partial charge in [-0.2, -0.15) is 0 Å². The minimum Gasteiger partial charge on any atom is -0.493 e. The number of amides is 1. The minimum atomic E-state index is -0.227. The molecule has 31 heavy (non-hydrogen) atoms. The number of methoxy groups -OCH3 is 3. The molecule has 1 aromatic heterocycles. The van der Waals surface area contributed by atoms with E-state index in [1.165, 1.54) is 26.9 Å². The molecule has 0 aliphatic carbocycles. The summed E-state index contributed by atoms with van der Waals surface area (Å²) in [6.07, 6.45) is 0. The summed E-state index contributed by atoms with van der Waals surface area (Å²) in [5.74, 6) is 2.09. The van der Waals surface area contributed by atoms with Crippen molar-refractivity contribution in [3.63, 3.8) is 0 Å². The molecule has 8 heteroatoms. The topological polar surface area (TPSA) is 74.6 Å². The van der Waals surface area contributed by atoms with Crippen molar-refractivity contribution in [3.8, 4) is 28.5 Å². The van der Waals surface area contributed by atoms with Gasteiger partial charge in [-0.05, 0) is 19.1 Å². The summed E-state index contributed by atoms with van der Waals surface area (Å²) in [4.78, 5) is 17.8. The number of fused-ring (bicyclic) bond motifs is 1. The molecule has 0 saturated heterocycles. The summed E-state index contributed by atoms with van der Waals surface area (Å²) in [7, 11) is 4.59. The van der Waals surface area contributed by atoms with Crippen LogP contribution in [0.3, 0.4) is 0 Å². The standard InChI is InChI=1S/C23H25N3O4S/c1-14-5-7-15(8-6-14)20-17(26-9-10-31-23(26)25-20)13-24-22(27)16-11-18(28-2)21(30-4)19(12-16)29-3/h5-8,11-12H,9-10,13H2,1-4H3,(H,24,27). The molecular formula is C23H25N3O4S. The zero-order chi connectivity index (χ0) is 22.0. The van der Waals surface area contributed by atoms with Crippen LogP contribution in [0.1, 0.15) is 21.6 Å². The highest BCUT2D eigenvalue weighted by molar-refractivity contribution is 7.99. The monoisotopic (exact) mass is 439 g/mol. The van der Waals surface area contributed by atoms with Crippen LogP contribution < -0.4 is 19.5 Å². The van der Waals surface area contributed by atoms with Gasteiger partial charge in [-0.25, -0.2) is 4.98 Å². The number of ether oxygens (including phenoxy) is 3.